The van der Waals surface area contributed by atoms with E-state index < -0.39 is 0 Å². The van der Waals surface area contributed by atoms with Crippen LogP contribution in [0, 0.1) is 0 Å². The van der Waals surface area contributed by atoms with Crippen LogP contribution >= 0.6 is 11.8 Å². The molecular formula is C23H26N2S. The summed E-state index contributed by atoms with van der Waals surface area (Å²) in [5, 5.41) is 0.459. The van der Waals surface area contributed by atoms with Gasteiger partial charge in [0.05, 0.1) is 6.33 Å². The van der Waals surface area contributed by atoms with Crippen molar-refractivity contribution in [3.05, 3.63) is 96.6 Å². The molecule has 134 valence electrons. The van der Waals surface area contributed by atoms with Crippen LogP contribution in [0.25, 0.3) is 6.08 Å². The molecule has 0 aliphatic heterocycles. The standard InChI is InChI=1S/C23H26N2S/c1-3-9-21(10-4-1)13-7-8-18-26-23(19-25-17-16-24-20-25)15-14-22-11-5-2-6-12-22/h1-6,9-12,14-17,20,23H,7-8,13,18-19H2. The Kier molecular flexibility index (Phi) is 7.60. The summed E-state index contributed by atoms with van der Waals surface area (Å²) in [5.41, 5.74) is 2.70. The van der Waals surface area contributed by atoms with Crippen molar-refractivity contribution in [3.8, 4) is 0 Å². The molecule has 3 heteroatoms. The van der Waals surface area contributed by atoms with Gasteiger partial charge in [-0.3, -0.25) is 0 Å². The second-order valence-corrected chi connectivity index (χ2v) is 7.73. The molecule has 1 unspecified atom stereocenters. The lowest BCUT2D eigenvalue weighted by Crippen LogP contribution is -2.10. The molecule has 3 aromatic rings. The average molecular weight is 363 g/mol. The van der Waals surface area contributed by atoms with Gasteiger partial charge in [-0.25, -0.2) is 4.98 Å². The number of aromatic nitrogens is 2. The number of hydrogen-bond acceptors (Lipinski definition) is 2. The summed E-state index contributed by atoms with van der Waals surface area (Å²) in [6, 6.07) is 21.3. The molecule has 0 aliphatic carbocycles. The van der Waals surface area contributed by atoms with E-state index >= 15 is 0 Å². The SMILES string of the molecule is C(=CC(Cn1ccnc1)SCCCCc1ccccc1)c1ccccc1. The van der Waals surface area contributed by atoms with E-state index in [0.29, 0.717) is 5.25 Å². The van der Waals surface area contributed by atoms with Gasteiger partial charge in [-0.1, -0.05) is 72.8 Å². The molecule has 0 saturated carbocycles. The molecule has 0 saturated heterocycles. The van der Waals surface area contributed by atoms with Crippen LogP contribution in [-0.2, 0) is 13.0 Å². The van der Waals surface area contributed by atoms with Crippen molar-refractivity contribution in [1.82, 2.24) is 9.55 Å². The number of unbranched alkanes of at least 4 members (excludes halogenated alkanes) is 1. The Bertz CT molecular complexity index is 751. The quantitative estimate of drug-likeness (QED) is 0.429. The Morgan fingerprint density at radius 3 is 2.46 bits per heavy atom. The monoisotopic (exact) mass is 362 g/mol. The van der Waals surface area contributed by atoms with Crippen molar-refractivity contribution in [2.75, 3.05) is 5.75 Å². The molecular weight excluding hydrogens is 336 g/mol. The summed E-state index contributed by atoms with van der Waals surface area (Å²) in [4.78, 5) is 4.17. The molecule has 1 heterocycles. The van der Waals surface area contributed by atoms with Crippen molar-refractivity contribution in [2.45, 2.75) is 31.1 Å². The second-order valence-electron chi connectivity index (χ2n) is 6.38. The van der Waals surface area contributed by atoms with Gasteiger partial charge in [0.25, 0.3) is 0 Å². The van der Waals surface area contributed by atoms with Gasteiger partial charge in [-0.2, -0.15) is 11.8 Å². The summed E-state index contributed by atoms with van der Waals surface area (Å²) in [5.74, 6) is 1.19. The lowest BCUT2D eigenvalue weighted by molar-refractivity contribution is 0.718. The highest BCUT2D eigenvalue weighted by Gasteiger charge is 2.06. The van der Waals surface area contributed by atoms with E-state index in [4.69, 9.17) is 0 Å². The van der Waals surface area contributed by atoms with E-state index in [9.17, 15) is 0 Å². The minimum atomic E-state index is 0.459. The maximum absolute atomic E-state index is 4.17. The molecule has 0 aliphatic rings. The minimum absolute atomic E-state index is 0.459. The third kappa shape index (κ3) is 6.57. The predicted molar refractivity (Wildman–Crippen MR) is 113 cm³/mol. The molecule has 0 fully saturated rings. The number of benzene rings is 2. The van der Waals surface area contributed by atoms with Crippen molar-refractivity contribution in [3.63, 3.8) is 0 Å². The van der Waals surface area contributed by atoms with E-state index in [1.54, 1.807) is 0 Å². The highest BCUT2D eigenvalue weighted by atomic mass is 32.2. The maximum Gasteiger partial charge on any atom is 0.0946 e. The van der Waals surface area contributed by atoms with Crippen molar-refractivity contribution >= 4 is 17.8 Å². The lowest BCUT2D eigenvalue weighted by atomic mass is 10.1. The molecule has 0 amide bonds. The number of rotatable bonds is 10. The number of thioether (sulfide) groups is 1. The summed E-state index contributed by atoms with van der Waals surface area (Å²) in [7, 11) is 0. The molecule has 0 spiro atoms. The van der Waals surface area contributed by atoms with Crippen LogP contribution in [0.15, 0.2) is 85.5 Å². The fourth-order valence-corrected chi connectivity index (χ4v) is 4.01. The van der Waals surface area contributed by atoms with Crippen molar-refractivity contribution < 1.29 is 0 Å². The zero-order valence-electron chi connectivity index (χ0n) is 15.1. The Morgan fingerprint density at radius 1 is 0.962 bits per heavy atom. The number of hydrogen-bond donors (Lipinski definition) is 0. The smallest absolute Gasteiger partial charge is 0.0946 e. The molecule has 2 aromatic carbocycles. The summed E-state index contributed by atoms with van der Waals surface area (Å²) in [6.07, 6.45) is 14.0. The first-order valence-corrected chi connectivity index (χ1v) is 10.3. The van der Waals surface area contributed by atoms with Gasteiger partial charge >= 0.3 is 0 Å². The Balaban J connectivity index is 1.47. The van der Waals surface area contributed by atoms with Gasteiger partial charge < -0.3 is 4.57 Å². The molecule has 26 heavy (non-hydrogen) atoms. The highest BCUT2D eigenvalue weighted by Crippen LogP contribution is 2.19. The van der Waals surface area contributed by atoms with Crippen LogP contribution in [0.2, 0.25) is 0 Å². The highest BCUT2D eigenvalue weighted by molar-refractivity contribution is 8.00. The van der Waals surface area contributed by atoms with E-state index in [2.05, 4.69) is 82.4 Å². The molecule has 1 aromatic heterocycles. The molecule has 1 atom stereocenters. The first-order chi connectivity index (χ1) is 12.9. The summed E-state index contributed by atoms with van der Waals surface area (Å²) >= 11 is 2.04. The first kappa shape index (κ1) is 18.5. The zero-order chi connectivity index (χ0) is 17.9. The maximum atomic E-state index is 4.17. The molecule has 0 radical (unpaired) electrons. The van der Waals surface area contributed by atoms with Crippen LogP contribution in [0.3, 0.4) is 0 Å². The van der Waals surface area contributed by atoms with E-state index in [-0.39, 0.29) is 0 Å². The fourth-order valence-electron chi connectivity index (χ4n) is 2.86. The topological polar surface area (TPSA) is 17.8 Å². The zero-order valence-corrected chi connectivity index (χ0v) is 15.9. The van der Waals surface area contributed by atoms with Crippen LogP contribution in [0.4, 0.5) is 0 Å². The largest absolute Gasteiger partial charge is 0.336 e. The summed E-state index contributed by atoms with van der Waals surface area (Å²) < 4.78 is 2.16. The lowest BCUT2D eigenvalue weighted by Gasteiger charge is -2.13. The normalized spacial score (nSPS) is 12.5. The van der Waals surface area contributed by atoms with Gasteiger partial charge in [-0.15, -0.1) is 0 Å². The van der Waals surface area contributed by atoms with Crippen LogP contribution in [-0.4, -0.2) is 20.6 Å². The van der Waals surface area contributed by atoms with E-state index in [0.717, 1.165) is 6.54 Å². The first-order valence-electron chi connectivity index (χ1n) is 9.25. The van der Waals surface area contributed by atoms with Gasteiger partial charge in [0.15, 0.2) is 0 Å². The summed E-state index contributed by atoms with van der Waals surface area (Å²) in [6.45, 7) is 0.965. The molecule has 3 rings (SSSR count). The van der Waals surface area contributed by atoms with E-state index in [1.165, 1.54) is 36.1 Å². The van der Waals surface area contributed by atoms with Crippen molar-refractivity contribution in [1.29, 1.82) is 0 Å². The second kappa shape index (κ2) is 10.7. The van der Waals surface area contributed by atoms with Gasteiger partial charge in [-0.05, 0) is 36.1 Å². The van der Waals surface area contributed by atoms with Crippen LogP contribution < -0.4 is 0 Å². The Labute approximate surface area is 161 Å². The Morgan fingerprint density at radius 2 is 1.73 bits per heavy atom. The molecule has 0 bridgehead atoms. The van der Waals surface area contributed by atoms with Gasteiger partial charge in [0, 0.05) is 24.2 Å². The number of aryl methyl sites for hydroxylation is 1. The van der Waals surface area contributed by atoms with E-state index in [1.807, 2.05) is 30.5 Å². The number of imidazole rings is 1. The fraction of sp³-hybridized carbons (Fsp3) is 0.261. The molecule has 2 nitrogen and oxygen atoms in total. The predicted octanol–water partition coefficient (Wildman–Crippen LogP) is 5.72. The van der Waals surface area contributed by atoms with Crippen molar-refractivity contribution in [2.24, 2.45) is 0 Å². The van der Waals surface area contributed by atoms with Gasteiger partial charge in [0.2, 0.25) is 0 Å². The Hall–Kier alpha value is -2.26. The van der Waals surface area contributed by atoms with Crippen LogP contribution in [0.1, 0.15) is 24.0 Å². The average Bonchev–Trinajstić information content (AvgIpc) is 3.20. The minimum Gasteiger partial charge on any atom is -0.336 e. The van der Waals surface area contributed by atoms with Gasteiger partial charge in [0.1, 0.15) is 0 Å². The number of nitrogens with zero attached hydrogens (tertiary/aromatic N) is 2. The third-order valence-electron chi connectivity index (χ3n) is 4.29. The third-order valence-corrected chi connectivity index (χ3v) is 5.55. The molecule has 0 N–H and O–H groups in total. The van der Waals surface area contributed by atoms with Crippen LogP contribution in [0.5, 0.6) is 0 Å².